The van der Waals surface area contributed by atoms with Crippen LogP contribution in [0.15, 0.2) is 18.2 Å². The molecule has 1 aromatic rings. The Hall–Kier alpha value is -1.55. The average molecular weight is 264 g/mol. The summed E-state index contributed by atoms with van der Waals surface area (Å²) in [4.78, 5) is 13.1. The van der Waals surface area contributed by atoms with Gasteiger partial charge in [0.05, 0.1) is 0 Å². The van der Waals surface area contributed by atoms with Crippen molar-refractivity contribution < 1.29 is 9.53 Å². The third-order valence-corrected chi connectivity index (χ3v) is 3.07. The predicted octanol–water partition coefficient (Wildman–Crippen LogP) is 1.74. The second-order valence-electron chi connectivity index (χ2n) is 5.06. The quantitative estimate of drug-likeness (QED) is 0.851. The minimum Gasteiger partial charge on any atom is -0.483 e. The topological polar surface area (TPSA) is 55.6 Å². The molecule has 0 radical (unpaired) electrons. The summed E-state index contributed by atoms with van der Waals surface area (Å²) in [6.45, 7) is 4.16. The van der Waals surface area contributed by atoms with Crippen LogP contribution in [0.3, 0.4) is 0 Å². The lowest BCUT2D eigenvalue weighted by Crippen LogP contribution is -2.28. The van der Waals surface area contributed by atoms with Crippen molar-refractivity contribution in [1.29, 1.82) is 0 Å². The van der Waals surface area contributed by atoms with E-state index in [-0.39, 0.29) is 18.6 Å². The smallest absolute Gasteiger partial charge is 0.259 e. The summed E-state index contributed by atoms with van der Waals surface area (Å²) in [6, 6.07) is 6.09. The third kappa shape index (κ3) is 4.91. The van der Waals surface area contributed by atoms with E-state index in [2.05, 4.69) is 13.0 Å². The molecule has 1 aromatic carbocycles. The molecule has 4 heteroatoms. The lowest BCUT2D eigenvalue weighted by atomic mass is 10.0. The van der Waals surface area contributed by atoms with E-state index < -0.39 is 0 Å². The number of nitrogens with two attached hydrogens (primary N) is 1. The van der Waals surface area contributed by atoms with E-state index in [1.54, 1.807) is 14.1 Å². The summed E-state index contributed by atoms with van der Waals surface area (Å²) in [5, 5.41) is 0. The van der Waals surface area contributed by atoms with Gasteiger partial charge in [-0.15, -0.1) is 0 Å². The number of likely N-dealkylation sites (N-methyl/N-ethyl adjacent to an activating group) is 1. The van der Waals surface area contributed by atoms with E-state index in [4.69, 9.17) is 10.5 Å². The Morgan fingerprint density at radius 2 is 2.11 bits per heavy atom. The van der Waals surface area contributed by atoms with Crippen molar-refractivity contribution in [2.45, 2.75) is 32.7 Å². The fraction of sp³-hybridized carbons (Fsp3) is 0.533. The van der Waals surface area contributed by atoms with Crippen molar-refractivity contribution in [3.8, 4) is 5.75 Å². The molecule has 1 rings (SSSR count). The van der Waals surface area contributed by atoms with Gasteiger partial charge in [0.2, 0.25) is 0 Å². The van der Waals surface area contributed by atoms with E-state index in [1.807, 2.05) is 19.1 Å². The molecule has 2 N–H and O–H groups in total. The molecule has 0 spiro atoms. The van der Waals surface area contributed by atoms with E-state index in [0.717, 1.165) is 24.2 Å². The lowest BCUT2D eigenvalue weighted by Gasteiger charge is -2.16. The highest BCUT2D eigenvalue weighted by Crippen LogP contribution is 2.22. The number of benzene rings is 1. The summed E-state index contributed by atoms with van der Waals surface area (Å²) in [6.07, 6.45) is 1.69. The second-order valence-corrected chi connectivity index (χ2v) is 5.06. The lowest BCUT2D eigenvalue weighted by molar-refractivity contribution is -0.130. The van der Waals surface area contributed by atoms with Crippen LogP contribution < -0.4 is 10.5 Å². The summed E-state index contributed by atoms with van der Waals surface area (Å²) in [5.74, 6) is 0.705. The number of hydrogen-bond donors (Lipinski definition) is 1. The Labute approximate surface area is 115 Å². The average Bonchev–Trinajstić information content (AvgIpc) is 2.37. The van der Waals surface area contributed by atoms with Gasteiger partial charge < -0.3 is 15.4 Å². The van der Waals surface area contributed by atoms with Crippen molar-refractivity contribution >= 4 is 5.91 Å². The molecule has 0 aromatic heterocycles. The van der Waals surface area contributed by atoms with E-state index in [0.29, 0.717) is 0 Å². The maximum Gasteiger partial charge on any atom is 0.259 e. The molecule has 19 heavy (non-hydrogen) atoms. The van der Waals surface area contributed by atoms with Crippen molar-refractivity contribution in [3.63, 3.8) is 0 Å². The maximum atomic E-state index is 11.5. The zero-order valence-electron chi connectivity index (χ0n) is 12.3. The van der Waals surface area contributed by atoms with Crippen molar-refractivity contribution in [2.75, 3.05) is 20.7 Å². The monoisotopic (exact) mass is 264 g/mol. The fourth-order valence-electron chi connectivity index (χ4n) is 1.70. The van der Waals surface area contributed by atoms with Crippen LogP contribution in [0, 0.1) is 6.92 Å². The number of amides is 1. The molecule has 0 aliphatic carbocycles. The molecule has 4 nitrogen and oxygen atoms in total. The van der Waals surface area contributed by atoms with Crippen LogP contribution in [-0.4, -0.2) is 37.6 Å². The molecule has 0 aliphatic heterocycles. The van der Waals surface area contributed by atoms with Crippen molar-refractivity contribution in [2.24, 2.45) is 5.73 Å². The van der Waals surface area contributed by atoms with Gasteiger partial charge in [-0.05, 0) is 31.4 Å². The molecule has 0 fully saturated rings. The van der Waals surface area contributed by atoms with Gasteiger partial charge in [0.15, 0.2) is 6.61 Å². The normalized spacial score (nSPS) is 12.1. The molecule has 0 heterocycles. The van der Waals surface area contributed by atoms with Gasteiger partial charge >= 0.3 is 0 Å². The molecular formula is C15H24N2O2. The molecule has 106 valence electrons. The summed E-state index contributed by atoms with van der Waals surface area (Å²) in [7, 11) is 3.43. The first-order valence-corrected chi connectivity index (χ1v) is 6.62. The Kier molecular flexibility index (Phi) is 5.83. The number of ether oxygens (including phenoxy) is 1. The van der Waals surface area contributed by atoms with Crippen LogP contribution in [0.4, 0.5) is 0 Å². The van der Waals surface area contributed by atoms with Gasteiger partial charge in [-0.25, -0.2) is 0 Å². The van der Waals surface area contributed by atoms with Gasteiger partial charge in [0.25, 0.3) is 5.91 Å². The van der Waals surface area contributed by atoms with Crippen LogP contribution in [0.25, 0.3) is 0 Å². The predicted molar refractivity (Wildman–Crippen MR) is 77.3 cm³/mol. The molecule has 0 saturated carbocycles. The first kappa shape index (κ1) is 15.5. The van der Waals surface area contributed by atoms with Crippen LogP contribution in [-0.2, 0) is 11.2 Å². The van der Waals surface area contributed by atoms with E-state index in [1.165, 1.54) is 10.5 Å². The maximum absolute atomic E-state index is 11.5. The highest BCUT2D eigenvalue weighted by molar-refractivity contribution is 5.77. The zero-order chi connectivity index (χ0) is 14.4. The summed E-state index contributed by atoms with van der Waals surface area (Å²) < 4.78 is 5.61. The molecular weight excluding hydrogens is 240 g/mol. The van der Waals surface area contributed by atoms with Crippen LogP contribution in [0.1, 0.15) is 24.5 Å². The first-order chi connectivity index (χ1) is 8.93. The molecule has 0 aliphatic rings. The Balaban J connectivity index is 2.78. The third-order valence-electron chi connectivity index (χ3n) is 3.07. The standard InChI is InChI=1S/C15H24N2O2/c1-5-13(16)9-12-8-11(2)6-7-14(12)19-10-15(18)17(3)4/h6-8,13H,5,9-10,16H2,1-4H3. The fourth-order valence-corrected chi connectivity index (χ4v) is 1.70. The number of nitrogens with zero attached hydrogens (tertiary/aromatic N) is 1. The number of carbonyl (C=O) groups is 1. The van der Waals surface area contributed by atoms with Crippen LogP contribution >= 0.6 is 0 Å². The first-order valence-electron chi connectivity index (χ1n) is 6.62. The highest BCUT2D eigenvalue weighted by Gasteiger charge is 2.11. The number of carbonyl (C=O) groups excluding carboxylic acids is 1. The van der Waals surface area contributed by atoms with Gasteiger partial charge in [-0.2, -0.15) is 0 Å². The SMILES string of the molecule is CCC(N)Cc1cc(C)ccc1OCC(=O)N(C)C. The van der Waals surface area contributed by atoms with Crippen LogP contribution in [0.5, 0.6) is 5.75 Å². The van der Waals surface area contributed by atoms with Crippen LogP contribution in [0.2, 0.25) is 0 Å². The number of rotatable bonds is 6. The van der Waals surface area contributed by atoms with Gasteiger partial charge in [-0.3, -0.25) is 4.79 Å². The Morgan fingerprint density at radius 3 is 2.68 bits per heavy atom. The minimum atomic E-state index is -0.0497. The largest absolute Gasteiger partial charge is 0.483 e. The second kappa shape index (κ2) is 7.14. The van der Waals surface area contributed by atoms with Gasteiger partial charge in [-0.1, -0.05) is 24.6 Å². The molecule has 0 saturated heterocycles. The number of hydrogen-bond acceptors (Lipinski definition) is 3. The van der Waals surface area contributed by atoms with Gasteiger partial charge in [0.1, 0.15) is 5.75 Å². The van der Waals surface area contributed by atoms with Crippen molar-refractivity contribution in [3.05, 3.63) is 29.3 Å². The molecule has 1 atom stereocenters. The van der Waals surface area contributed by atoms with E-state index in [9.17, 15) is 4.79 Å². The molecule has 1 unspecified atom stereocenters. The Morgan fingerprint density at radius 1 is 1.42 bits per heavy atom. The van der Waals surface area contributed by atoms with E-state index >= 15 is 0 Å². The molecule has 1 amide bonds. The molecule has 0 bridgehead atoms. The highest BCUT2D eigenvalue weighted by atomic mass is 16.5. The van der Waals surface area contributed by atoms with Gasteiger partial charge in [0, 0.05) is 20.1 Å². The number of aryl methyl sites for hydroxylation is 1. The van der Waals surface area contributed by atoms with Crippen molar-refractivity contribution in [1.82, 2.24) is 4.90 Å². The minimum absolute atomic E-state index is 0.0497. The summed E-state index contributed by atoms with van der Waals surface area (Å²) >= 11 is 0. The zero-order valence-corrected chi connectivity index (χ0v) is 12.3. The Bertz CT molecular complexity index is 430. The summed E-state index contributed by atoms with van der Waals surface area (Å²) in [5.41, 5.74) is 8.24.